The Bertz CT molecular complexity index is 336. The number of hydrogen-bond donors (Lipinski definition) is 0. The van der Waals surface area contributed by atoms with Crippen molar-refractivity contribution in [2.24, 2.45) is 0 Å². The second-order valence-corrected chi connectivity index (χ2v) is 4.43. The van der Waals surface area contributed by atoms with Gasteiger partial charge in [-0.2, -0.15) is 0 Å². The summed E-state index contributed by atoms with van der Waals surface area (Å²) in [5.41, 5.74) is 1.28. The molecule has 1 aliphatic rings. The van der Waals surface area contributed by atoms with Crippen LogP contribution in [0.4, 0.5) is 0 Å². The molecule has 2 rings (SSSR count). The molecule has 0 aromatic heterocycles. The van der Waals surface area contributed by atoms with Crippen LogP contribution >= 0.6 is 11.6 Å². The molecule has 0 saturated carbocycles. The molecule has 1 amide bonds. The van der Waals surface area contributed by atoms with E-state index in [-0.39, 0.29) is 0 Å². The molecule has 0 radical (unpaired) electrons. The van der Waals surface area contributed by atoms with E-state index in [1.54, 1.807) is 0 Å². The largest absolute Gasteiger partial charge is 0.345 e. The molecule has 1 atom stereocenters. The van der Waals surface area contributed by atoms with Gasteiger partial charge in [-0.1, -0.05) is 23.7 Å². The average molecular weight is 224 g/mol. The summed E-state index contributed by atoms with van der Waals surface area (Å²) >= 11 is 5.84. The third-order valence-electron chi connectivity index (χ3n) is 2.94. The Morgan fingerprint density at radius 2 is 2.07 bits per heavy atom. The maximum atomic E-state index is 10.7. The molecule has 3 heteroatoms. The number of rotatable bonds is 2. The van der Waals surface area contributed by atoms with Crippen LogP contribution in [0.1, 0.15) is 24.3 Å². The maximum Gasteiger partial charge on any atom is 0.209 e. The highest BCUT2D eigenvalue weighted by Gasteiger charge is 2.19. The van der Waals surface area contributed by atoms with Crippen LogP contribution in [0.3, 0.4) is 0 Å². The summed E-state index contributed by atoms with van der Waals surface area (Å²) in [6, 6.07) is 7.94. The first kappa shape index (κ1) is 10.5. The lowest BCUT2D eigenvalue weighted by Gasteiger charge is -2.30. The zero-order valence-electron chi connectivity index (χ0n) is 8.53. The summed E-state index contributed by atoms with van der Waals surface area (Å²) in [5, 5.41) is 0.766. The van der Waals surface area contributed by atoms with Gasteiger partial charge in [0.25, 0.3) is 0 Å². The lowest BCUT2D eigenvalue weighted by molar-refractivity contribution is -0.119. The van der Waals surface area contributed by atoms with Crippen molar-refractivity contribution in [1.29, 1.82) is 0 Å². The lowest BCUT2D eigenvalue weighted by atomic mass is 9.91. The van der Waals surface area contributed by atoms with Gasteiger partial charge >= 0.3 is 0 Å². The molecule has 1 saturated heterocycles. The van der Waals surface area contributed by atoms with E-state index in [2.05, 4.69) is 12.1 Å². The highest BCUT2D eigenvalue weighted by atomic mass is 35.5. The SMILES string of the molecule is O=CN1CCCC(c2ccc(Cl)cc2)C1. The van der Waals surface area contributed by atoms with E-state index in [1.807, 2.05) is 17.0 Å². The van der Waals surface area contributed by atoms with Gasteiger partial charge < -0.3 is 4.90 Å². The molecular weight excluding hydrogens is 210 g/mol. The van der Waals surface area contributed by atoms with E-state index < -0.39 is 0 Å². The van der Waals surface area contributed by atoms with Gasteiger partial charge in [0.05, 0.1) is 0 Å². The van der Waals surface area contributed by atoms with Crippen molar-refractivity contribution in [2.45, 2.75) is 18.8 Å². The minimum atomic E-state index is 0.473. The molecule has 0 N–H and O–H groups in total. The van der Waals surface area contributed by atoms with Gasteiger partial charge in [0.15, 0.2) is 0 Å². The predicted molar refractivity (Wildman–Crippen MR) is 61.1 cm³/mol. The standard InChI is InChI=1S/C12H14ClNO/c13-12-5-3-10(4-6-12)11-2-1-7-14(8-11)9-15/h3-6,9,11H,1-2,7-8H2. The van der Waals surface area contributed by atoms with Crippen LogP contribution in [0.5, 0.6) is 0 Å². The summed E-state index contributed by atoms with van der Waals surface area (Å²) in [6.07, 6.45) is 3.19. The van der Waals surface area contributed by atoms with Gasteiger partial charge in [0.2, 0.25) is 6.41 Å². The van der Waals surface area contributed by atoms with Crippen LogP contribution in [0.2, 0.25) is 5.02 Å². The van der Waals surface area contributed by atoms with Gasteiger partial charge in [-0.15, -0.1) is 0 Å². The van der Waals surface area contributed by atoms with E-state index in [4.69, 9.17) is 11.6 Å². The summed E-state index contributed by atoms with van der Waals surface area (Å²) in [6.45, 7) is 1.73. The number of nitrogens with zero attached hydrogens (tertiary/aromatic N) is 1. The van der Waals surface area contributed by atoms with Crippen LogP contribution in [-0.2, 0) is 4.79 Å². The van der Waals surface area contributed by atoms with Crippen molar-refractivity contribution in [3.05, 3.63) is 34.9 Å². The highest BCUT2D eigenvalue weighted by molar-refractivity contribution is 6.30. The van der Waals surface area contributed by atoms with Crippen molar-refractivity contribution in [3.8, 4) is 0 Å². The normalized spacial score (nSPS) is 21.4. The van der Waals surface area contributed by atoms with Crippen molar-refractivity contribution < 1.29 is 4.79 Å². The van der Waals surface area contributed by atoms with E-state index in [9.17, 15) is 4.79 Å². The van der Waals surface area contributed by atoms with Gasteiger partial charge in [-0.05, 0) is 30.5 Å². The van der Waals surface area contributed by atoms with Gasteiger partial charge in [0, 0.05) is 24.0 Å². The zero-order valence-corrected chi connectivity index (χ0v) is 9.28. The molecular formula is C12H14ClNO. The number of carbonyl (C=O) groups is 1. The quantitative estimate of drug-likeness (QED) is 0.706. The topological polar surface area (TPSA) is 20.3 Å². The first-order valence-corrected chi connectivity index (χ1v) is 5.62. The van der Waals surface area contributed by atoms with Gasteiger partial charge in [-0.3, -0.25) is 4.79 Å². The third-order valence-corrected chi connectivity index (χ3v) is 3.20. The zero-order chi connectivity index (χ0) is 10.7. The number of piperidine rings is 1. The Morgan fingerprint density at radius 1 is 1.33 bits per heavy atom. The number of benzene rings is 1. The molecule has 0 aliphatic carbocycles. The third kappa shape index (κ3) is 2.51. The smallest absolute Gasteiger partial charge is 0.209 e. The maximum absolute atomic E-state index is 10.7. The average Bonchev–Trinajstić information content (AvgIpc) is 2.30. The Balaban J connectivity index is 2.09. The number of amides is 1. The fourth-order valence-corrected chi connectivity index (χ4v) is 2.24. The molecule has 2 nitrogen and oxygen atoms in total. The van der Waals surface area contributed by atoms with Crippen molar-refractivity contribution in [3.63, 3.8) is 0 Å². The fraction of sp³-hybridized carbons (Fsp3) is 0.417. The summed E-state index contributed by atoms with van der Waals surface area (Å²) in [4.78, 5) is 12.5. The molecule has 1 aromatic carbocycles. The molecule has 1 unspecified atom stereocenters. The van der Waals surface area contributed by atoms with Gasteiger partial charge in [-0.25, -0.2) is 0 Å². The Labute approximate surface area is 94.8 Å². The summed E-state index contributed by atoms with van der Waals surface area (Å²) < 4.78 is 0. The molecule has 0 spiro atoms. The van der Waals surface area contributed by atoms with E-state index in [1.165, 1.54) is 5.56 Å². The van der Waals surface area contributed by atoms with Crippen LogP contribution in [0, 0.1) is 0 Å². The molecule has 1 aliphatic heterocycles. The number of likely N-dealkylation sites (tertiary alicyclic amines) is 1. The molecule has 1 aromatic rings. The van der Waals surface area contributed by atoms with E-state index in [0.717, 1.165) is 37.4 Å². The summed E-state index contributed by atoms with van der Waals surface area (Å²) in [7, 11) is 0. The molecule has 1 fully saturated rings. The minimum absolute atomic E-state index is 0.473. The van der Waals surface area contributed by atoms with Crippen LogP contribution < -0.4 is 0 Å². The Morgan fingerprint density at radius 3 is 2.73 bits per heavy atom. The van der Waals surface area contributed by atoms with Crippen LogP contribution in [0.25, 0.3) is 0 Å². The van der Waals surface area contributed by atoms with Crippen LogP contribution in [0.15, 0.2) is 24.3 Å². The van der Waals surface area contributed by atoms with E-state index in [0.29, 0.717) is 5.92 Å². The molecule has 15 heavy (non-hydrogen) atoms. The first-order chi connectivity index (χ1) is 7.29. The number of carbonyl (C=O) groups excluding carboxylic acids is 1. The summed E-state index contributed by atoms with van der Waals surface area (Å²) in [5.74, 6) is 0.473. The van der Waals surface area contributed by atoms with Gasteiger partial charge in [0.1, 0.15) is 0 Å². The minimum Gasteiger partial charge on any atom is -0.345 e. The van der Waals surface area contributed by atoms with Crippen LogP contribution in [-0.4, -0.2) is 24.4 Å². The van der Waals surface area contributed by atoms with E-state index >= 15 is 0 Å². The molecule has 1 heterocycles. The molecule has 0 bridgehead atoms. The fourth-order valence-electron chi connectivity index (χ4n) is 2.11. The second-order valence-electron chi connectivity index (χ2n) is 3.99. The second kappa shape index (κ2) is 4.67. The van der Waals surface area contributed by atoms with Crippen molar-refractivity contribution >= 4 is 18.0 Å². The molecule has 80 valence electrons. The Kier molecular flexibility index (Phi) is 3.27. The number of hydrogen-bond acceptors (Lipinski definition) is 1. The van der Waals surface area contributed by atoms with Crippen molar-refractivity contribution in [2.75, 3.05) is 13.1 Å². The lowest BCUT2D eigenvalue weighted by Crippen LogP contribution is -2.33. The number of halogens is 1. The Hall–Kier alpha value is -1.02. The monoisotopic (exact) mass is 223 g/mol. The van der Waals surface area contributed by atoms with Crippen molar-refractivity contribution in [1.82, 2.24) is 4.90 Å². The highest BCUT2D eigenvalue weighted by Crippen LogP contribution is 2.26. The predicted octanol–water partition coefficient (Wildman–Crippen LogP) is 2.68. The first-order valence-electron chi connectivity index (χ1n) is 5.24.